The Hall–Kier alpha value is -2.60. The summed E-state index contributed by atoms with van der Waals surface area (Å²) in [5.41, 5.74) is 1.33. The SMILES string of the molecule is CCCCOc1ccc2c(c1)[C@H]1O[C@@H](CCc3ccc(F)cc3)[C@@H](C(=O)O)C[C@@H]1C(C)(C)O2. The first-order valence-corrected chi connectivity index (χ1v) is 11.9. The molecular formula is C27H33FO5. The summed E-state index contributed by atoms with van der Waals surface area (Å²) in [6.07, 6.45) is 2.97. The van der Waals surface area contributed by atoms with Gasteiger partial charge in [-0.05, 0) is 75.4 Å². The van der Waals surface area contributed by atoms with Gasteiger partial charge in [0.25, 0.3) is 0 Å². The second kappa shape index (κ2) is 9.72. The van der Waals surface area contributed by atoms with E-state index in [-0.39, 0.29) is 17.8 Å². The molecule has 0 radical (unpaired) electrons. The lowest BCUT2D eigenvalue weighted by Crippen LogP contribution is -2.52. The van der Waals surface area contributed by atoms with Gasteiger partial charge in [0.05, 0.1) is 24.7 Å². The largest absolute Gasteiger partial charge is 0.494 e. The summed E-state index contributed by atoms with van der Waals surface area (Å²) in [7, 11) is 0. The number of hydrogen-bond donors (Lipinski definition) is 1. The van der Waals surface area contributed by atoms with Crippen molar-refractivity contribution in [1.29, 1.82) is 0 Å². The van der Waals surface area contributed by atoms with Gasteiger partial charge in [-0.1, -0.05) is 25.5 Å². The molecule has 0 saturated carbocycles. The number of carbonyl (C=O) groups is 1. The van der Waals surface area contributed by atoms with E-state index in [4.69, 9.17) is 14.2 Å². The average molecular weight is 457 g/mol. The fourth-order valence-electron chi connectivity index (χ4n) is 4.98. The maximum atomic E-state index is 13.3. The van der Waals surface area contributed by atoms with Gasteiger partial charge in [-0.25, -0.2) is 4.39 Å². The smallest absolute Gasteiger partial charge is 0.309 e. The van der Waals surface area contributed by atoms with Crippen LogP contribution in [0.5, 0.6) is 11.5 Å². The van der Waals surface area contributed by atoms with Crippen LogP contribution >= 0.6 is 0 Å². The number of hydrogen-bond acceptors (Lipinski definition) is 4. The molecule has 0 spiro atoms. The van der Waals surface area contributed by atoms with Crippen molar-refractivity contribution in [2.24, 2.45) is 11.8 Å². The van der Waals surface area contributed by atoms with Crippen LogP contribution < -0.4 is 9.47 Å². The fourth-order valence-corrected chi connectivity index (χ4v) is 4.98. The number of carboxylic acids is 1. The van der Waals surface area contributed by atoms with Gasteiger partial charge >= 0.3 is 5.97 Å². The van der Waals surface area contributed by atoms with Gasteiger partial charge in [0.15, 0.2) is 0 Å². The minimum atomic E-state index is -0.851. The Kier molecular flexibility index (Phi) is 6.94. The number of aliphatic carboxylic acids is 1. The van der Waals surface area contributed by atoms with E-state index in [1.807, 2.05) is 32.0 Å². The lowest BCUT2D eigenvalue weighted by atomic mass is 9.71. The third kappa shape index (κ3) is 5.16. The van der Waals surface area contributed by atoms with Crippen molar-refractivity contribution in [3.63, 3.8) is 0 Å². The molecular weight excluding hydrogens is 423 g/mol. The molecule has 4 atom stereocenters. The summed E-state index contributed by atoms with van der Waals surface area (Å²) in [5.74, 6) is -0.321. The Labute approximate surface area is 194 Å². The maximum absolute atomic E-state index is 13.3. The van der Waals surface area contributed by atoms with Crippen LogP contribution in [0.1, 0.15) is 63.7 Å². The maximum Gasteiger partial charge on any atom is 0.309 e. The molecule has 6 heteroatoms. The highest BCUT2D eigenvalue weighted by Crippen LogP contribution is 2.53. The van der Waals surface area contributed by atoms with E-state index in [0.29, 0.717) is 25.9 Å². The van der Waals surface area contributed by atoms with Gasteiger partial charge in [-0.3, -0.25) is 4.79 Å². The van der Waals surface area contributed by atoms with Gasteiger partial charge in [0.2, 0.25) is 0 Å². The second-order valence-corrected chi connectivity index (χ2v) is 9.65. The van der Waals surface area contributed by atoms with Crippen LogP contribution in [-0.4, -0.2) is 29.4 Å². The number of ether oxygens (including phenoxy) is 3. The predicted octanol–water partition coefficient (Wildman–Crippen LogP) is 5.96. The molecule has 5 nitrogen and oxygen atoms in total. The van der Waals surface area contributed by atoms with Crippen molar-refractivity contribution in [2.75, 3.05) is 6.61 Å². The van der Waals surface area contributed by atoms with E-state index >= 15 is 0 Å². The molecule has 2 aromatic rings. The number of rotatable bonds is 8. The van der Waals surface area contributed by atoms with Gasteiger partial charge < -0.3 is 19.3 Å². The van der Waals surface area contributed by atoms with Crippen LogP contribution in [0.4, 0.5) is 4.39 Å². The van der Waals surface area contributed by atoms with Gasteiger partial charge in [-0.15, -0.1) is 0 Å². The first kappa shape index (κ1) is 23.6. The summed E-state index contributed by atoms with van der Waals surface area (Å²) in [6.45, 7) is 6.77. The number of halogens is 1. The van der Waals surface area contributed by atoms with Crippen molar-refractivity contribution in [1.82, 2.24) is 0 Å². The molecule has 2 aromatic carbocycles. The zero-order valence-electron chi connectivity index (χ0n) is 19.6. The average Bonchev–Trinajstić information content (AvgIpc) is 2.78. The van der Waals surface area contributed by atoms with E-state index in [1.165, 1.54) is 12.1 Å². The quantitative estimate of drug-likeness (QED) is 0.497. The van der Waals surface area contributed by atoms with Crippen LogP contribution in [0.25, 0.3) is 0 Å². The molecule has 0 amide bonds. The molecule has 33 heavy (non-hydrogen) atoms. The predicted molar refractivity (Wildman–Crippen MR) is 123 cm³/mol. The lowest BCUT2D eigenvalue weighted by Gasteiger charge is -2.50. The Balaban J connectivity index is 1.59. The van der Waals surface area contributed by atoms with E-state index in [2.05, 4.69) is 6.92 Å². The summed E-state index contributed by atoms with van der Waals surface area (Å²) in [5, 5.41) is 9.97. The normalized spacial score (nSPS) is 25.5. The van der Waals surface area contributed by atoms with E-state index in [9.17, 15) is 14.3 Å². The zero-order chi connectivity index (χ0) is 23.6. The van der Waals surface area contributed by atoms with E-state index in [0.717, 1.165) is 35.5 Å². The Morgan fingerprint density at radius 2 is 1.97 bits per heavy atom. The molecule has 0 unspecified atom stereocenters. The summed E-state index contributed by atoms with van der Waals surface area (Å²) in [6, 6.07) is 12.2. The van der Waals surface area contributed by atoms with Gasteiger partial charge in [-0.2, -0.15) is 0 Å². The van der Waals surface area contributed by atoms with Crippen molar-refractivity contribution in [3.8, 4) is 11.5 Å². The van der Waals surface area contributed by atoms with Crippen LogP contribution in [0, 0.1) is 17.7 Å². The third-order valence-corrected chi connectivity index (χ3v) is 6.91. The Morgan fingerprint density at radius 1 is 1.21 bits per heavy atom. The second-order valence-electron chi connectivity index (χ2n) is 9.65. The lowest BCUT2D eigenvalue weighted by molar-refractivity contribution is -0.188. The highest BCUT2D eigenvalue weighted by Gasteiger charge is 2.52. The number of unbranched alkanes of at least 4 members (excludes halogenated alkanes) is 1. The monoisotopic (exact) mass is 456 g/mol. The molecule has 2 aliphatic heterocycles. The summed E-state index contributed by atoms with van der Waals surface area (Å²) < 4.78 is 32.0. The summed E-state index contributed by atoms with van der Waals surface area (Å²) in [4.78, 5) is 12.2. The molecule has 0 aliphatic carbocycles. The van der Waals surface area contributed by atoms with Crippen molar-refractivity contribution < 1.29 is 28.5 Å². The molecule has 1 fully saturated rings. The van der Waals surface area contributed by atoms with E-state index in [1.54, 1.807) is 12.1 Å². The molecule has 1 saturated heterocycles. The first-order valence-electron chi connectivity index (χ1n) is 11.9. The van der Waals surface area contributed by atoms with Crippen molar-refractivity contribution in [2.45, 2.75) is 70.7 Å². The molecule has 1 N–H and O–H groups in total. The van der Waals surface area contributed by atoms with Gasteiger partial charge in [0, 0.05) is 11.5 Å². The number of benzene rings is 2. The number of fused-ring (bicyclic) bond motifs is 3. The number of aryl methyl sites for hydroxylation is 1. The van der Waals surface area contributed by atoms with Gasteiger partial charge in [0.1, 0.15) is 22.9 Å². The molecule has 4 rings (SSSR count). The minimum absolute atomic E-state index is 0.0981. The molecule has 2 aliphatic rings. The third-order valence-electron chi connectivity index (χ3n) is 6.91. The highest BCUT2D eigenvalue weighted by molar-refractivity contribution is 5.71. The van der Waals surface area contributed by atoms with Crippen molar-refractivity contribution in [3.05, 3.63) is 59.4 Å². The van der Waals surface area contributed by atoms with Crippen molar-refractivity contribution >= 4 is 5.97 Å². The standard InChI is InChI=1S/C27H33FO5/c1-4-5-14-31-19-11-13-24-20(15-19)25-22(27(2,3)33-24)16-21(26(29)30)23(32-25)12-8-17-6-9-18(28)10-7-17/h6-7,9-11,13,15,21-23,25H,4-5,8,12,14,16H2,1-3H3,(H,29,30)/t21-,22-,23-,25+/m0/s1. The van der Waals surface area contributed by atoms with Crippen LogP contribution in [0.3, 0.4) is 0 Å². The number of carboxylic acid groups (broad SMARTS) is 1. The molecule has 2 heterocycles. The minimum Gasteiger partial charge on any atom is -0.494 e. The topological polar surface area (TPSA) is 65.0 Å². The molecule has 0 aromatic heterocycles. The summed E-state index contributed by atoms with van der Waals surface area (Å²) >= 11 is 0. The fraction of sp³-hybridized carbons (Fsp3) is 0.519. The van der Waals surface area contributed by atoms with Crippen LogP contribution in [0.2, 0.25) is 0 Å². The Bertz CT molecular complexity index is 971. The molecule has 0 bridgehead atoms. The van der Waals surface area contributed by atoms with Crippen LogP contribution in [0.15, 0.2) is 42.5 Å². The Morgan fingerprint density at radius 3 is 2.67 bits per heavy atom. The van der Waals surface area contributed by atoms with E-state index < -0.39 is 23.6 Å². The molecule has 178 valence electrons. The zero-order valence-corrected chi connectivity index (χ0v) is 19.6. The highest BCUT2D eigenvalue weighted by atomic mass is 19.1. The first-order chi connectivity index (χ1) is 15.8. The van der Waals surface area contributed by atoms with Crippen LogP contribution in [-0.2, 0) is 16.0 Å².